The number of nitrogens with zero attached hydrogens (tertiary/aromatic N) is 5. The first-order chi connectivity index (χ1) is 9.79. The maximum Gasteiger partial charge on any atom is 0.200 e. The Kier molecular flexibility index (Phi) is 3.21. The number of rotatable bonds is 3. The molecule has 0 aromatic carbocycles. The molecule has 0 amide bonds. The average molecular weight is 286 g/mol. The van der Waals surface area contributed by atoms with Gasteiger partial charge in [-0.2, -0.15) is 0 Å². The van der Waals surface area contributed by atoms with Crippen LogP contribution in [-0.4, -0.2) is 30.6 Å². The third kappa shape index (κ3) is 2.16. The highest BCUT2D eigenvalue weighted by atomic mass is 32.2. The minimum absolute atomic E-state index is 0.0312. The summed E-state index contributed by atoms with van der Waals surface area (Å²) in [5.74, 6) is 0.0312. The van der Waals surface area contributed by atoms with E-state index in [9.17, 15) is 0 Å². The van der Waals surface area contributed by atoms with Crippen LogP contribution in [0.15, 0.2) is 58.1 Å². The molecule has 0 spiro atoms. The van der Waals surface area contributed by atoms with Gasteiger partial charge in [0.25, 0.3) is 0 Å². The summed E-state index contributed by atoms with van der Waals surface area (Å²) < 4.78 is 1.85. The number of hydrogen-bond acceptors (Lipinski definition) is 6. The lowest BCUT2D eigenvalue weighted by Gasteiger charge is -2.05. The van der Waals surface area contributed by atoms with Gasteiger partial charge in [-0.1, -0.05) is 11.2 Å². The van der Waals surface area contributed by atoms with Gasteiger partial charge in [-0.3, -0.25) is 9.38 Å². The molecule has 3 aromatic heterocycles. The lowest BCUT2D eigenvalue weighted by Crippen LogP contribution is -2.14. The Morgan fingerprint density at radius 1 is 1.30 bits per heavy atom. The summed E-state index contributed by atoms with van der Waals surface area (Å²) in [6.45, 7) is 0. The van der Waals surface area contributed by atoms with Crippen molar-refractivity contribution in [2.24, 2.45) is 10.9 Å². The molecule has 0 bridgehead atoms. The fourth-order valence-electron chi connectivity index (χ4n) is 1.71. The van der Waals surface area contributed by atoms with Crippen molar-refractivity contribution in [2.75, 3.05) is 0 Å². The number of nitrogens with two attached hydrogens (primary N) is 1. The molecule has 0 fully saturated rings. The van der Waals surface area contributed by atoms with E-state index < -0.39 is 0 Å². The van der Waals surface area contributed by atoms with Crippen LogP contribution in [0, 0.1) is 0 Å². The summed E-state index contributed by atoms with van der Waals surface area (Å²) in [5.41, 5.74) is 7.00. The normalized spacial score (nSPS) is 11.9. The van der Waals surface area contributed by atoms with E-state index in [1.165, 1.54) is 11.8 Å². The van der Waals surface area contributed by atoms with E-state index in [0.29, 0.717) is 10.7 Å². The predicted molar refractivity (Wildman–Crippen MR) is 73.9 cm³/mol. The fraction of sp³-hybridized carbons (Fsp3) is 0. The molecule has 0 atom stereocenters. The largest absolute Gasteiger partial charge is 0.409 e. The number of hydrogen-bond donors (Lipinski definition) is 2. The lowest BCUT2D eigenvalue weighted by atomic mass is 10.2. The molecule has 0 unspecified atom stereocenters. The van der Waals surface area contributed by atoms with Crippen LogP contribution in [0.4, 0.5) is 0 Å². The summed E-state index contributed by atoms with van der Waals surface area (Å²) in [4.78, 5) is 4.79. The zero-order chi connectivity index (χ0) is 13.9. The first-order valence-electron chi connectivity index (χ1n) is 5.69. The van der Waals surface area contributed by atoms with Crippen molar-refractivity contribution in [1.29, 1.82) is 0 Å². The fourth-order valence-corrected chi connectivity index (χ4v) is 2.64. The van der Waals surface area contributed by atoms with Gasteiger partial charge in [0.2, 0.25) is 5.16 Å². The first-order valence-corrected chi connectivity index (χ1v) is 6.51. The zero-order valence-electron chi connectivity index (χ0n) is 10.2. The lowest BCUT2D eigenvalue weighted by molar-refractivity contribution is 0.318. The van der Waals surface area contributed by atoms with E-state index in [1.807, 2.05) is 28.8 Å². The van der Waals surface area contributed by atoms with Gasteiger partial charge in [0.05, 0.1) is 0 Å². The number of fused-ring (bicyclic) bond motifs is 1. The van der Waals surface area contributed by atoms with Gasteiger partial charge in [0.15, 0.2) is 11.5 Å². The molecule has 0 aliphatic carbocycles. The molecule has 0 saturated heterocycles. The Morgan fingerprint density at radius 2 is 2.20 bits per heavy atom. The van der Waals surface area contributed by atoms with Gasteiger partial charge in [0.1, 0.15) is 0 Å². The molecule has 20 heavy (non-hydrogen) atoms. The summed E-state index contributed by atoms with van der Waals surface area (Å²) in [5, 5.41) is 20.7. The zero-order valence-corrected chi connectivity index (χ0v) is 11.0. The molecule has 3 aromatic rings. The van der Waals surface area contributed by atoms with Crippen molar-refractivity contribution < 1.29 is 5.21 Å². The van der Waals surface area contributed by atoms with Crippen LogP contribution in [0.1, 0.15) is 5.56 Å². The Hall–Kier alpha value is -2.61. The number of aromatic nitrogens is 4. The highest BCUT2D eigenvalue weighted by Crippen LogP contribution is 2.28. The van der Waals surface area contributed by atoms with Crippen molar-refractivity contribution in [3.8, 4) is 0 Å². The van der Waals surface area contributed by atoms with Crippen LogP contribution in [0.25, 0.3) is 5.65 Å². The molecule has 0 radical (unpaired) electrons. The Morgan fingerprint density at radius 3 is 3.05 bits per heavy atom. The van der Waals surface area contributed by atoms with Crippen LogP contribution in [-0.2, 0) is 0 Å². The summed E-state index contributed by atoms with van der Waals surface area (Å²) in [6.07, 6.45) is 5.10. The van der Waals surface area contributed by atoms with Crippen molar-refractivity contribution >= 4 is 23.2 Å². The topological polar surface area (TPSA) is 102 Å². The summed E-state index contributed by atoms with van der Waals surface area (Å²) >= 11 is 1.35. The van der Waals surface area contributed by atoms with E-state index in [0.717, 1.165) is 10.5 Å². The van der Waals surface area contributed by atoms with Crippen LogP contribution in [0.5, 0.6) is 0 Å². The molecule has 8 heteroatoms. The van der Waals surface area contributed by atoms with Gasteiger partial charge in [0, 0.05) is 29.0 Å². The molecule has 0 aliphatic heterocycles. The molecule has 7 nitrogen and oxygen atoms in total. The molecule has 3 N–H and O–H groups in total. The quantitative estimate of drug-likeness (QED) is 0.326. The Bertz CT molecular complexity index is 784. The standard InChI is InChI=1S/C12H10N6OS/c13-11(17-19)8-4-5-14-7-9(8)20-12-16-15-10-3-1-2-6-18(10)12/h1-7,19H,(H2,13,17). The van der Waals surface area contributed by atoms with E-state index in [4.69, 9.17) is 10.9 Å². The van der Waals surface area contributed by atoms with Crippen molar-refractivity contribution in [1.82, 2.24) is 19.6 Å². The van der Waals surface area contributed by atoms with Crippen LogP contribution >= 0.6 is 11.8 Å². The van der Waals surface area contributed by atoms with E-state index in [-0.39, 0.29) is 5.84 Å². The smallest absolute Gasteiger partial charge is 0.200 e. The highest BCUT2D eigenvalue weighted by molar-refractivity contribution is 7.99. The maximum atomic E-state index is 8.81. The second-order valence-corrected chi connectivity index (χ2v) is 4.88. The summed E-state index contributed by atoms with van der Waals surface area (Å²) in [7, 11) is 0. The number of amidine groups is 1. The van der Waals surface area contributed by atoms with Gasteiger partial charge < -0.3 is 10.9 Å². The summed E-state index contributed by atoms with van der Waals surface area (Å²) in [6, 6.07) is 7.34. The average Bonchev–Trinajstić information content (AvgIpc) is 2.90. The van der Waals surface area contributed by atoms with E-state index in [1.54, 1.807) is 18.5 Å². The van der Waals surface area contributed by atoms with Crippen LogP contribution < -0.4 is 5.73 Å². The van der Waals surface area contributed by atoms with E-state index >= 15 is 0 Å². The van der Waals surface area contributed by atoms with Crippen molar-refractivity contribution in [2.45, 2.75) is 10.1 Å². The molecule has 0 saturated carbocycles. The third-order valence-electron chi connectivity index (χ3n) is 2.65. The third-order valence-corrected chi connectivity index (χ3v) is 3.66. The second kappa shape index (κ2) is 5.17. The van der Waals surface area contributed by atoms with Crippen LogP contribution in [0.2, 0.25) is 0 Å². The van der Waals surface area contributed by atoms with E-state index in [2.05, 4.69) is 20.3 Å². The Labute approximate surface area is 118 Å². The highest BCUT2D eigenvalue weighted by Gasteiger charge is 2.12. The minimum atomic E-state index is 0.0312. The van der Waals surface area contributed by atoms with Gasteiger partial charge in [-0.25, -0.2) is 0 Å². The Balaban J connectivity index is 2.04. The molecular formula is C12H10N6OS. The molecule has 3 rings (SSSR count). The molecule has 0 aliphatic rings. The minimum Gasteiger partial charge on any atom is -0.409 e. The van der Waals surface area contributed by atoms with Gasteiger partial charge >= 0.3 is 0 Å². The molecule has 100 valence electrons. The van der Waals surface area contributed by atoms with Crippen molar-refractivity contribution in [3.63, 3.8) is 0 Å². The van der Waals surface area contributed by atoms with Crippen LogP contribution in [0.3, 0.4) is 0 Å². The monoisotopic (exact) mass is 286 g/mol. The maximum absolute atomic E-state index is 8.81. The first kappa shape index (κ1) is 12.4. The SMILES string of the molecule is N/C(=N/O)c1ccncc1Sc1nnc2ccccn12. The molecule has 3 heterocycles. The van der Waals surface area contributed by atoms with Crippen molar-refractivity contribution in [3.05, 3.63) is 48.4 Å². The number of oxime groups is 1. The number of pyridine rings is 2. The molecular weight excluding hydrogens is 276 g/mol. The predicted octanol–water partition coefficient (Wildman–Crippen LogP) is 1.37. The second-order valence-electron chi connectivity index (χ2n) is 3.87. The van der Waals surface area contributed by atoms with Gasteiger partial charge in [-0.05, 0) is 30.0 Å². The van der Waals surface area contributed by atoms with Gasteiger partial charge in [-0.15, -0.1) is 10.2 Å².